The van der Waals surface area contributed by atoms with Crippen LogP contribution in [0.1, 0.15) is 39.6 Å². The molecule has 1 atom stereocenters. The number of hydrogen-bond acceptors (Lipinski definition) is 2. The van der Waals surface area contributed by atoms with E-state index < -0.39 is 0 Å². The van der Waals surface area contributed by atoms with Crippen LogP contribution in [0, 0.1) is 5.82 Å². The number of likely N-dealkylation sites (N-methyl/N-ethyl adjacent to an activating group) is 1. The Balaban J connectivity index is 2.45. The van der Waals surface area contributed by atoms with Crippen molar-refractivity contribution < 1.29 is 4.39 Å². The molecule has 104 valence electrons. The van der Waals surface area contributed by atoms with Crippen LogP contribution in [0.25, 0.3) is 11.0 Å². The van der Waals surface area contributed by atoms with Crippen LogP contribution in [-0.2, 0) is 6.42 Å². The minimum atomic E-state index is -0.208. The largest absolute Gasteiger partial charge is 0.325 e. The second-order valence-electron chi connectivity index (χ2n) is 5.29. The Morgan fingerprint density at radius 3 is 2.68 bits per heavy atom. The predicted molar refractivity (Wildman–Crippen MR) is 76.9 cm³/mol. The predicted octanol–water partition coefficient (Wildman–Crippen LogP) is 3.30. The first-order valence-corrected chi connectivity index (χ1v) is 6.92. The molecular weight excluding hydrogens is 241 g/mol. The molecule has 0 aliphatic rings. The summed E-state index contributed by atoms with van der Waals surface area (Å²) in [5.74, 6) is 0.810. The van der Waals surface area contributed by atoms with Gasteiger partial charge < -0.3 is 9.88 Å². The Morgan fingerprint density at radius 2 is 2.05 bits per heavy atom. The van der Waals surface area contributed by atoms with Crippen molar-refractivity contribution in [1.29, 1.82) is 0 Å². The molecule has 0 aliphatic heterocycles. The van der Waals surface area contributed by atoms with E-state index in [1.165, 1.54) is 6.07 Å². The highest BCUT2D eigenvalue weighted by atomic mass is 19.1. The summed E-state index contributed by atoms with van der Waals surface area (Å²) < 4.78 is 15.6. The van der Waals surface area contributed by atoms with Gasteiger partial charge in [0, 0.05) is 18.5 Å². The Morgan fingerprint density at radius 1 is 1.32 bits per heavy atom. The number of hydrogen-bond donors (Lipinski definition) is 1. The maximum atomic E-state index is 13.4. The molecule has 2 aromatic rings. The zero-order valence-electron chi connectivity index (χ0n) is 12.1. The zero-order valence-corrected chi connectivity index (χ0v) is 12.1. The number of nitrogens with zero attached hydrogens (tertiary/aromatic N) is 2. The molecule has 4 heteroatoms. The third-order valence-electron chi connectivity index (χ3n) is 3.28. The monoisotopic (exact) mass is 263 g/mol. The molecule has 1 aromatic carbocycles. The van der Waals surface area contributed by atoms with E-state index in [2.05, 4.69) is 42.6 Å². The quantitative estimate of drug-likeness (QED) is 0.897. The minimum Gasteiger partial charge on any atom is -0.325 e. The van der Waals surface area contributed by atoms with Gasteiger partial charge in [0.25, 0.3) is 0 Å². The standard InChI is InChI=1S/C15H22FN3/c1-5-17-11(4)8-15-18-13-7-6-12(16)9-14(13)19(15)10(2)3/h6-7,9-11,17H,5,8H2,1-4H3. The van der Waals surface area contributed by atoms with Gasteiger partial charge in [0.05, 0.1) is 11.0 Å². The van der Waals surface area contributed by atoms with Gasteiger partial charge in [-0.05, 0) is 45.5 Å². The molecule has 0 saturated heterocycles. The first kappa shape index (κ1) is 14.0. The maximum absolute atomic E-state index is 13.4. The number of halogens is 1. The number of rotatable bonds is 5. The molecular formula is C15H22FN3. The Kier molecular flexibility index (Phi) is 4.20. The fourth-order valence-electron chi connectivity index (χ4n) is 2.53. The normalized spacial score (nSPS) is 13.4. The number of benzene rings is 1. The number of nitrogens with one attached hydrogen (secondary N) is 1. The Labute approximate surface area is 113 Å². The van der Waals surface area contributed by atoms with E-state index in [4.69, 9.17) is 0 Å². The van der Waals surface area contributed by atoms with Gasteiger partial charge in [-0.1, -0.05) is 6.92 Å². The third-order valence-corrected chi connectivity index (χ3v) is 3.28. The Bertz CT molecular complexity index is 560. The van der Waals surface area contributed by atoms with Gasteiger partial charge in [0.2, 0.25) is 0 Å². The summed E-state index contributed by atoms with van der Waals surface area (Å²) in [6, 6.07) is 5.44. The lowest BCUT2D eigenvalue weighted by atomic mass is 10.2. The van der Waals surface area contributed by atoms with Gasteiger partial charge in [-0.2, -0.15) is 0 Å². The zero-order chi connectivity index (χ0) is 14.0. The summed E-state index contributed by atoms with van der Waals surface area (Å²) in [5.41, 5.74) is 1.75. The van der Waals surface area contributed by atoms with Crippen LogP contribution in [-0.4, -0.2) is 22.1 Å². The summed E-state index contributed by atoms with van der Waals surface area (Å²) in [5, 5.41) is 3.39. The van der Waals surface area contributed by atoms with Crippen molar-refractivity contribution in [2.45, 2.75) is 46.2 Å². The molecule has 1 aromatic heterocycles. The van der Waals surface area contributed by atoms with E-state index in [9.17, 15) is 4.39 Å². The second-order valence-corrected chi connectivity index (χ2v) is 5.29. The van der Waals surface area contributed by atoms with Crippen molar-refractivity contribution in [2.75, 3.05) is 6.54 Å². The molecule has 0 amide bonds. The van der Waals surface area contributed by atoms with Gasteiger partial charge in [-0.25, -0.2) is 9.37 Å². The van der Waals surface area contributed by atoms with Crippen molar-refractivity contribution in [2.24, 2.45) is 0 Å². The molecule has 0 aliphatic carbocycles. The first-order chi connectivity index (χ1) is 9.02. The van der Waals surface area contributed by atoms with E-state index >= 15 is 0 Å². The molecule has 1 N–H and O–H groups in total. The van der Waals surface area contributed by atoms with Crippen molar-refractivity contribution in [3.63, 3.8) is 0 Å². The van der Waals surface area contributed by atoms with Crippen molar-refractivity contribution in [3.8, 4) is 0 Å². The van der Waals surface area contributed by atoms with E-state index in [0.29, 0.717) is 6.04 Å². The molecule has 1 heterocycles. The van der Waals surface area contributed by atoms with Gasteiger partial charge in [0.15, 0.2) is 0 Å². The molecule has 3 nitrogen and oxygen atoms in total. The summed E-state index contributed by atoms with van der Waals surface area (Å²) in [6.45, 7) is 9.39. The second kappa shape index (κ2) is 5.70. The molecule has 1 unspecified atom stereocenters. The molecule has 0 radical (unpaired) electrons. The summed E-state index contributed by atoms with van der Waals surface area (Å²) in [6.07, 6.45) is 0.850. The maximum Gasteiger partial charge on any atom is 0.125 e. The highest BCUT2D eigenvalue weighted by molar-refractivity contribution is 5.76. The molecule has 0 spiro atoms. The highest BCUT2D eigenvalue weighted by Crippen LogP contribution is 2.22. The molecule has 0 bridgehead atoms. The molecule has 0 fully saturated rings. The highest BCUT2D eigenvalue weighted by Gasteiger charge is 2.15. The van der Waals surface area contributed by atoms with Crippen LogP contribution in [0.15, 0.2) is 18.2 Å². The minimum absolute atomic E-state index is 0.208. The molecule has 0 saturated carbocycles. The summed E-state index contributed by atoms with van der Waals surface area (Å²) in [4.78, 5) is 4.65. The fraction of sp³-hybridized carbons (Fsp3) is 0.533. The van der Waals surface area contributed by atoms with E-state index in [1.807, 2.05) is 0 Å². The topological polar surface area (TPSA) is 29.9 Å². The lowest BCUT2D eigenvalue weighted by Gasteiger charge is -2.16. The summed E-state index contributed by atoms with van der Waals surface area (Å²) in [7, 11) is 0. The average Bonchev–Trinajstić information content (AvgIpc) is 2.66. The van der Waals surface area contributed by atoms with Crippen LogP contribution in [0.5, 0.6) is 0 Å². The third kappa shape index (κ3) is 2.95. The van der Waals surface area contributed by atoms with Gasteiger partial charge in [-0.15, -0.1) is 0 Å². The number of fused-ring (bicyclic) bond motifs is 1. The van der Waals surface area contributed by atoms with E-state index in [0.717, 1.165) is 29.8 Å². The fourth-order valence-corrected chi connectivity index (χ4v) is 2.53. The van der Waals surface area contributed by atoms with Gasteiger partial charge >= 0.3 is 0 Å². The van der Waals surface area contributed by atoms with Gasteiger partial charge in [0.1, 0.15) is 11.6 Å². The van der Waals surface area contributed by atoms with Crippen molar-refractivity contribution in [3.05, 3.63) is 29.8 Å². The SMILES string of the molecule is CCNC(C)Cc1nc2ccc(F)cc2n1C(C)C. The van der Waals surface area contributed by atoms with Crippen LogP contribution >= 0.6 is 0 Å². The van der Waals surface area contributed by atoms with Crippen LogP contribution in [0.4, 0.5) is 4.39 Å². The lowest BCUT2D eigenvalue weighted by molar-refractivity contribution is 0.515. The first-order valence-electron chi connectivity index (χ1n) is 6.92. The van der Waals surface area contributed by atoms with E-state index in [1.54, 1.807) is 12.1 Å². The number of imidazole rings is 1. The Hall–Kier alpha value is -1.42. The average molecular weight is 263 g/mol. The summed E-state index contributed by atoms with van der Waals surface area (Å²) >= 11 is 0. The van der Waals surface area contributed by atoms with Crippen molar-refractivity contribution in [1.82, 2.24) is 14.9 Å². The molecule has 19 heavy (non-hydrogen) atoms. The number of aromatic nitrogens is 2. The van der Waals surface area contributed by atoms with Crippen LogP contribution in [0.2, 0.25) is 0 Å². The lowest BCUT2D eigenvalue weighted by Crippen LogP contribution is -2.29. The van der Waals surface area contributed by atoms with E-state index in [-0.39, 0.29) is 11.9 Å². The van der Waals surface area contributed by atoms with Crippen LogP contribution in [0.3, 0.4) is 0 Å². The van der Waals surface area contributed by atoms with Crippen LogP contribution < -0.4 is 5.32 Å². The molecule has 2 rings (SSSR count). The van der Waals surface area contributed by atoms with Crippen molar-refractivity contribution >= 4 is 11.0 Å². The smallest absolute Gasteiger partial charge is 0.125 e. The van der Waals surface area contributed by atoms with Gasteiger partial charge in [-0.3, -0.25) is 0 Å².